The molecule has 0 saturated carbocycles. The van der Waals surface area contributed by atoms with Crippen molar-refractivity contribution in [3.05, 3.63) is 62.6 Å². The van der Waals surface area contributed by atoms with Gasteiger partial charge in [-0.05, 0) is 51.0 Å². The number of H-pyrrole nitrogens is 1. The van der Waals surface area contributed by atoms with Gasteiger partial charge in [-0.25, -0.2) is 4.79 Å². The summed E-state index contributed by atoms with van der Waals surface area (Å²) in [6.07, 6.45) is 0. The molecule has 1 heterocycles. The summed E-state index contributed by atoms with van der Waals surface area (Å²) in [7, 11) is 0. The Morgan fingerprint density at radius 3 is 2.50 bits per heavy atom. The van der Waals surface area contributed by atoms with Gasteiger partial charge in [-0.2, -0.15) is 0 Å². The van der Waals surface area contributed by atoms with E-state index >= 15 is 0 Å². The summed E-state index contributed by atoms with van der Waals surface area (Å²) in [6.45, 7) is 7.25. The van der Waals surface area contributed by atoms with Crippen LogP contribution in [0, 0.1) is 20.8 Å². The predicted octanol–water partition coefficient (Wildman–Crippen LogP) is 2.73. The van der Waals surface area contributed by atoms with Gasteiger partial charge in [0.15, 0.2) is 0 Å². The number of anilines is 1. The molecule has 0 aliphatic carbocycles. The molecule has 0 bridgehead atoms. The van der Waals surface area contributed by atoms with Crippen molar-refractivity contribution >= 4 is 17.6 Å². The van der Waals surface area contributed by atoms with Gasteiger partial charge in [0, 0.05) is 11.4 Å². The van der Waals surface area contributed by atoms with Crippen LogP contribution in [0.2, 0.25) is 0 Å². The molecule has 1 aromatic heterocycles. The van der Waals surface area contributed by atoms with E-state index in [0.717, 1.165) is 11.1 Å². The minimum absolute atomic E-state index is 0.135. The van der Waals surface area contributed by atoms with Crippen LogP contribution in [0.5, 0.6) is 0 Å². The number of carbonyl (C=O) groups excluding carboxylic acids is 2. The number of esters is 1. The zero-order chi connectivity index (χ0) is 17.9. The fourth-order valence-electron chi connectivity index (χ4n) is 2.27. The summed E-state index contributed by atoms with van der Waals surface area (Å²) < 4.78 is 4.94. The van der Waals surface area contributed by atoms with Crippen LogP contribution in [0.1, 0.15) is 44.5 Å². The lowest BCUT2D eigenvalue weighted by molar-refractivity contribution is 0.0525. The molecule has 6 nitrogen and oxygen atoms in total. The Labute approximate surface area is 139 Å². The lowest BCUT2D eigenvalue weighted by atomic mass is 10.1. The first-order valence-corrected chi connectivity index (χ1v) is 7.63. The number of carbonyl (C=O) groups is 2. The van der Waals surface area contributed by atoms with Crippen molar-refractivity contribution in [3.8, 4) is 0 Å². The summed E-state index contributed by atoms with van der Waals surface area (Å²) in [6, 6.07) is 6.91. The summed E-state index contributed by atoms with van der Waals surface area (Å²) in [5.74, 6) is -1.15. The van der Waals surface area contributed by atoms with E-state index in [1.54, 1.807) is 13.8 Å². The van der Waals surface area contributed by atoms with Gasteiger partial charge < -0.3 is 15.0 Å². The number of aromatic amines is 1. The Bertz CT molecular complexity index is 853. The maximum atomic E-state index is 12.5. The third-order valence-electron chi connectivity index (χ3n) is 3.62. The Balaban J connectivity index is 2.39. The molecule has 1 amide bonds. The zero-order valence-corrected chi connectivity index (χ0v) is 14.1. The van der Waals surface area contributed by atoms with Crippen molar-refractivity contribution in [3.63, 3.8) is 0 Å². The van der Waals surface area contributed by atoms with Crippen LogP contribution in [0.3, 0.4) is 0 Å². The van der Waals surface area contributed by atoms with E-state index in [-0.39, 0.29) is 17.7 Å². The van der Waals surface area contributed by atoms with E-state index in [0.29, 0.717) is 11.4 Å². The maximum absolute atomic E-state index is 12.5. The van der Waals surface area contributed by atoms with Gasteiger partial charge in [0.05, 0.1) is 12.2 Å². The maximum Gasteiger partial charge on any atom is 0.339 e. The smallest absolute Gasteiger partial charge is 0.339 e. The molecule has 0 unspecified atom stereocenters. The minimum atomic E-state index is -0.577. The van der Waals surface area contributed by atoms with Gasteiger partial charge in [-0.15, -0.1) is 0 Å². The van der Waals surface area contributed by atoms with Crippen molar-refractivity contribution in [2.24, 2.45) is 0 Å². The average Bonchev–Trinajstić information content (AvgIpc) is 2.51. The van der Waals surface area contributed by atoms with Crippen LogP contribution in [0.15, 0.2) is 29.1 Å². The molecular formula is C18H20N2O4. The first kappa shape index (κ1) is 17.5. The second kappa shape index (κ2) is 7.12. The normalized spacial score (nSPS) is 10.3. The Kier molecular flexibility index (Phi) is 5.18. The quantitative estimate of drug-likeness (QED) is 0.845. The van der Waals surface area contributed by atoms with E-state index in [2.05, 4.69) is 10.3 Å². The number of ether oxygens (including phenoxy) is 1. The number of aromatic nitrogens is 1. The molecule has 1 aromatic carbocycles. The van der Waals surface area contributed by atoms with Crippen LogP contribution in [0.4, 0.5) is 5.69 Å². The Hall–Kier alpha value is -2.89. The summed E-state index contributed by atoms with van der Waals surface area (Å²) in [5, 5.41) is 2.71. The molecule has 2 N–H and O–H groups in total. The minimum Gasteiger partial charge on any atom is -0.462 e. The molecule has 0 spiro atoms. The van der Waals surface area contributed by atoms with E-state index < -0.39 is 17.4 Å². The van der Waals surface area contributed by atoms with E-state index in [1.165, 1.54) is 6.07 Å². The summed E-state index contributed by atoms with van der Waals surface area (Å²) >= 11 is 0. The fourth-order valence-corrected chi connectivity index (χ4v) is 2.27. The van der Waals surface area contributed by atoms with Crippen molar-refractivity contribution in [1.82, 2.24) is 4.98 Å². The number of rotatable bonds is 4. The van der Waals surface area contributed by atoms with E-state index in [1.807, 2.05) is 32.0 Å². The topological polar surface area (TPSA) is 88.3 Å². The number of pyridine rings is 1. The fraction of sp³-hybridized carbons (Fsp3) is 0.278. The van der Waals surface area contributed by atoms with Crippen LogP contribution < -0.4 is 10.9 Å². The van der Waals surface area contributed by atoms with Gasteiger partial charge in [0.2, 0.25) is 0 Å². The zero-order valence-electron chi connectivity index (χ0n) is 14.1. The number of hydrogen-bond acceptors (Lipinski definition) is 4. The average molecular weight is 328 g/mol. The lowest BCUT2D eigenvalue weighted by Gasteiger charge is -2.11. The van der Waals surface area contributed by atoms with Gasteiger partial charge in [-0.3, -0.25) is 9.59 Å². The molecule has 2 rings (SSSR count). The number of amides is 1. The van der Waals surface area contributed by atoms with E-state index in [9.17, 15) is 14.4 Å². The van der Waals surface area contributed by atoms with Gasteiger partial charge >= 0.3 is 5.97 Å². The molecular weight excluding hydrogens is 308 g/mol. The highest BCUT2D eigenvalue weighted by Gasteiger charge is 2.18. The third-order valence-corrected chi connectivity index (χ3v) is 3.62. The SMILES string of the molecule is CCOC(=O)c1cc(C(=O)Nc2cc(C)ccc2C)c(=O)[nH]c1C. The molecule has 0 radical (unpaired) electrons. The van der Waals surface area contributed by atoms with Crippen LogP contribution in [-0.2, 0) is 4.74 Å². The van der Waals surface area contributed by atoms with Gasteiger partial charge in [-0.1, -0.05) is 12.1 Å². The highest BCUT2D eigenvalue weighted by molar-refractivity contribution is 6.05. The van der Waals surface area contributed by atoms with Crippen molar-refractivity contribution in [2.75, 3.05) is 11.9 Å². The first-order valence-electron chi connectivity index (χ1n) is 7.63. The highest BCUT2D eigenvalue weighted by Crippen LogP contribution is 2.17. The molecule has 6 heteroatoms. The highest BCUT2D eigenvalue weighted by atomic mass is 16.5. The van der Waals surface area contributed by atoms with Crippen molar-refractivity contribution < 1.29 is 14.3 Å². The van der Waals surface area contributed by atoms with Gasteiger partial charge in [0.25, 0.3) is 11.5 Å². The van der Waals surface area contributed by atoms with Crippen LogP contribution in [0.25, 0.3) is 0 Å². The van der Waals surface area contributed by atoms with Crippen LogP contribution >= 0.6 is 0 Å². The molecule has 0 aliphatic rings. The summed E-state index contributed by atoms with van der Waals surface area (Å²) in [4.78, 5) is 39.0. The molecule has 2 aromatic rings. The second-order valence-corrected chi connectivity index (χ2v) is 5.54. The monoisotopic (exact) mass is 328 g/mol. The molecule has 0 saturated heterocycles. The molecule has 24 heavy (non-hydrogen) atoms. The van der Waals surface area contributed by atoms with Crippen LogP contribution in [-0.4, -0.2) is 23.5 Å². The molecule has 0 aliphatic heterocycles. The van der Waals surface area contributed by atoms with Gasteiger partial charge in [0.1, 0.15) is 5.56 Å². The molecule has 0 atom stereocenters. The standard InChI is InChI=1S/C18H20N2O4/c1-5-24-18(23)13-9-14(16(21)19-12(13)4)17(22)20-15-8-10(2)6-7-11(15)3/h6-9H,5H2,1-4H3,(H,19,21)(H,20,22). The molecule has 0 fully saturated rings. The summed E-state index contributed by atoms with van der Waals surface area (Å²) in [5.41, 5.74) is 2.33. The van der Waals surface area contributed by atoms with E-state index in [4.69, 9.17) is 4.74 Å². The third kappa shape index (κ3) is 3.71. The Morgan fingerprint density at radius 1 is 1.12 bits per heavy atom. The number of aryl methyl sites for hydroxylation is 3. The number of nitrogens with one attached hydrogen (secondary N) is 2. The lowest BCUT2D eigenvalue weighted by Crippen LogP contribution is -2.26. The predicted molar refractivity (Wildman–Crippen MR) is 91.6 cm³/mol. The number of hydrogen-bond donors (Lipinski definition) is 2. The first-order chi connectivity index (χ1) is 11.3. The van der Waals surface area contributed by atoms with Crippen molar-refractivity contribution in [1.29, 1.82) is 0 Å². The molecule has 126 valence electrons. The largest absolute Gasteiger partial charge is 0.462 e. The number of benzene rings is 1. The van der Waals surface area contributed by atoms with Crippen molar-refractivity contribution in [2.45, 2.75) is 27.7 Å². The Morgan fingerprint density at radius 2 is 1.83 bits per heavy atom. The second-order valence-electron chi connectivity index (χ2n) is 5.54.